The minimum absolute atomic E-state index is 0.0528. The number of nitrogens with one attached hydrogen (secondary N) is 1. The van der Waals surface area contributed by atoms with Crippen molar-refractivity contribution in [3.8, 4) is 16.9 Å². The predicted molar refractivity (Wildman–Crippen MR) is 192 cm³/mol. The molecule has 1 unspecified atom stereocenters. The molecule has 1 N–H and O–H groups in total. The zero-order valence-corrected chi connectivity index (χ0v) is 30.5. The number of rotatable bonds is 11. The second-order valence-electron chi connectivity index (χ2n) is 14.1. The van der Waals surface area contributed by atoms with Gasteiger partial charge in [0.1, 0.15) is 18.2 Å². The lowest BCUT2D eigenvalue weighted by Gasteiger charge is -2.45. The molecule has 2 saturated carbocycles. The van der Waals surface area contributed by atoms with Gasteiger partial charge in [0.05, 0.1) is 30.1 Å². The number of pyridine rings is 1. The van der Waals surface area contributed by atoms with Crippen LogP contribution in [0.3, 0.4) is 0 Å². The number of nitrogens with zero attached hydrogens (tertiary/aromatic N) is 4. The Morgan fingerprint density at radius 1 is 1.19 bits per heavy atom. The van der Waals surface area contributed by atoms with Gasteiger partial charge in [-0.15, -0.1) is 11.8 Å². The van der Waals surface area contributed by atoms with Gasteiger partial charge in [-0.05, 0) is 96.0 Å². The summed E-state index contributed by atoms with van der Waals surface area (Å²) in [6, 6.07) is 7.92. The highest BCUT2D eigenvalue weighted by Gasteiger charge is 2.55. The number of aryl methyl sites for hydroxylation is 3. The smallest absolute Gasteiger partial charge is 0.257 e. The van der Waals surface area contributed by atoms with Crippen LogP contribution in [0.5, 0.6) is 5.75 Å². The number of thioether (sulfide) groups is 1. The van der Waals surface area contributed by atoms with E-state index >= 15 is 0 Å². The van der Waals surface area contributed by atoms with Gasteiger partial charge in [-0.3, -0.25) is 24.0 Å². The molecule has 9 nitrogen and oxygen atoms in total. The highest BCUT2D eigenvalue weighted by atomic mass is 35.5. The van der Waals surface area contributed by atoms with Crippen LogP contribution in [0.15, 0.2) is 46.2 Å². The van der Waals surface area contributed by atoms with Gasteiger partial charge in [0.2, 0.25) is 10.0 Å². The molecular weight excluding hydrogens is 666 g/mol. The number of sulfonamides is 1. The second kappa shape index (κ2) is 12.8. The minimum atomic E-state index is -3.46. The van der Waals surface area contributed by atoms with Crippen LogP contribution in [-0.4, -0.2) is 65.1 Å². The monoisotopic (exact) mass is 709 g/mol. The van der Waals surface area contributed by atoms with E-state index in [9.17, 15) is 13.2 Å². The molecule has 0 bridgehead atoms. The van der Waals surface area contributed by atoms with Crippen LogP contribution in [0.25, 0.3) is 11.1 Å². The Labute approximate surface area is 292 Å². The number of aromatic nitrogens is 3. The summed E-state index contributed by atoms with van der Waals surface area (Å²) in [5, 5.41) is 0.569. The molecule has 2 aromatic heterocycles. The number of allylic oxidation sites excluding steroid dienone is 1. The molecule has 1 aliphatic heterocycles. The third-order valence-electron chi connectivity index (χ3n) is 11.0. The Balaban J connectivity index is 1.11. The number of halogens is 1. The van der Waals surface area contributed by atoms with E-state index in [-0.39, 0.29) is 18.1 Å². The fourth-order valence-corrected chi connectivity index (χ4v) is 10.2. The molecule has 2 atom stereocenters. The van der Waals surface area contributed by atoms with Gasteiger partial charge in [-0.1, -0.05) is 24.6 Å². The van der Waals surface area contributed by atoms with Gasteiger partial charge < -0.3 is 4.74 Å². The van der Waals surface area contributed by atoms with Gasteiger partial charge in [0.25, 0.3) is 5.56 Å². The maximum absolute atomic E-state index is 14.0. The third-order valence-corrected chi connectivity index (χ3v) is 13.0. The highest BCUT2D eigenvalue weighted by molar-refractivity contribution is 7.99. The largest absolute Gasteiger partial charge is 0.491 e. The van der Waals surface area contributed by atoms with Crippen LogP contribution in [0.1, 0.15) is 72.9 Å². The van der Waals surface area contributed by atoms with Crippen LogP contribution in [-0.2, 0) is 29.4 Å². The first-order valence-corrected chi connectivity index (χ1v) is 20.2. The molecule has 3 aromatic rings. The van der Waals surface area contributed by atoms with Gasteiger partial charge in [-0.25, -0.2) is 13.4 Å². The quantitative estimate of drug-likeness (QED) is 0.258. The fourth-order valence-electron chi connectivity index (χ4n) is 8.07. The Morgan fingerprint density at radius 2 is 1.96 bits per heavy atom. The van der Waals surface area contributed by atoms with Crippen molar-refractivity contribution in [2.45, 2.75) is 94.2 Å². The van der Waals surface area contributed by atoms with Crippen molar-refractivity contribution in [1.82, 2.24) is 24.2 Å². The van der Waals surface area contributed by atoms with Crippen LogP contribution in [0, 0.1) is 19.8 Å². The average molecular weight is 710 g/mol. The number of ether oxygens (including phenoxy) is 1. The predicted octanol–water partition coefficient (Wildman–Crippen LogP) is 6.03. The van der Waals surface area contributed by atoms with Crippen molar-refractivity contribution >= 4 is 33.4 Å². The van der Waals surface area contributed by atoms with Crippen molar-refractivity contribution in [3.63, 3.8) is 0 Å². The minimum Gasteiger partial charge on any atom is -0.491 e. The van der Waals surface area contributed by atoms with E-state index in [4.69, 9.17) is 26.3 Å². The lowest BCUT2D eigenvalue weighted by molar-refractivity contribution is 0.0562. The van der Waals surface area contributed by atoms with Crippen molar-refractivity contribution < 1.29 is 13.2 Å². The molecule has 7 rings (SSSR count). The number of likely N-dealkylation sites (N-methyl/N-ethyl adjacent to an activating group) is 1. The molecule has 3 heterocycles. The average Bonchev–Trinajstić information content (AvgIpc) is 3.67. The topological polar surface area (TPSA) is 106 Å². The lowest BCUT2D eigenvalue weighted by Crippen LogP contribution is -2.51. The Hall–Kier alpha value is -2.86. The molecule has 48 heavy (non-hydrogen) atoms. The van der Waals surface area contributed by atoms with Gasteiger partial charge in [0.15, 0.2) is 0 Å². The molecule has 0 spiro atoms. The summed E-state index contributed by atoms with van der Waals surface area (Å²) in [6.07, 6.45) is 10.4. The molecule has 0 radical (unpaired) electrons. The van der Waals surface area contributed by atoms with Crippen molar-refractivity contribution in [2.24, 2.45) is 5.92 Å². The first kappa shape index (κ1) is 33.6. The molecule has 1 aromatic carbocycles. The summed E-state index contributed by atoms with van der Waals surface area (Å²) >= 11 is 8.13. The molecule has 0 amide bonds. The summed E-state index contributed by atoms with van der Waals surface area (Å²) in [7, 11) is -1.17. The molecule has 3 aliphatic carbocycles. The summed E-state index contributed by atoms with van der Waals surface area (Å²) in [4.78, 5) is 27.2. The van der Waals surface area contributed by atoms with E-state index in [0.29, 0.717) is 46.2 Å². The van der Waals surface area contributed by atoms with Gasteiger partial charge >= 0.3 is 0 Å². The van der Waals surface area contributed by atoms with Crippen molar-refractivity contribution in [3.05, 3.63) is 80.4 Å². The van der Waals surface area contributed by atoms with Gasteiger partial charge in [0, 0.05) is 55.3 Å². The Morgan fingerprint density at radius 3 is 2.65 bits per heavy atom. The van der Waals surface area contributed by atoms with Gasteiger partial charge in [-0.2, -0.15) is 0 Å². The molecule has 0 saturated heterocycles. The number of hydrogen-bond donors (Lipinski definition) is 1. The Kier molecular flexibility index (Phi) is 8.96. The number of fused-ring (bicyclic) bond motifs is 2. The van der Waals surface area contributed by atoms with Crippen LogP contribution >= 0.6 is 23.4 Å². The zero-order valence-electron chi connectivity index (χ0n) is 28.1. The van der Waals surface area contributed by atoms with E-state index in [0.717, 1.165) is 70.1 Å². The zero-order chi connectivity index (χ0) is 34.0. The first-order valence-electron chi connectivity index (χ1n) is 16.9. The molecule has 4 aliphatic rings. The normalized spacial score (nSPS) is 21.4. The third kappa shape index (κ3) is 6.32. The lowest BCUT2D eigenvalue weighted by atomic mass is 9.76. The van der Waals surface area contributed by atoms with Crippen LogP contribution in [0.2, 0.25) is 5.02 Å². The Bertz CT molecular complexity index is 1950. The van der Waals surface area contributed by atoms with E-state index in [1.54, 1.807) is 22.4 Å². The summed E-state index contributed by atoms with van der Waals surface area (Å²) in [5.74, 6) is 2.53. The summed E-state index contributed by atoms with van der Waals surface area (Å²) in [6.45, 7) is 8.49. The number of hydrogen-bond acceptors (Lipinski definition) is 8. The second-order valence-corrected chi connectivity index (χ2v) is 17.3. The first-order chi connectivity index (χ1) is 22.8. The number of benzene rings is 1. The van der Waals surface area contributed by atoms with E-state index in [1.165, 1.54) is 32.1 Å². The van der Waals surface area contributed by atoms with E-state index in [2.05, 4.69) is 23.2 Å². The van der Waals surface area contributed by atoms with Crippen molar-refractivity contribution in [2.75, 3.05) is 25.7 Å². The maximum Gasteiger partial charge on any atom is 0.257 e. The molecular formula is C36H44ClN5O4S2. The van der Waals surface area contributed by atoms with Crippen LogP contribution in [0.4, 0.5) is 0 Å². The standard InChI is InChI=1S/C36H44ClN5O4S2/c1-21-17-28(34-33(38-21)30(20-47-34)22(2)40-48(5,44)45)27-18-25(37)9-12-32(27)46-16-15-42-23(3)39-31-11-10-26(19-29(31)35(42)43)41(4)36(13-14-36)24-7-6-8-24/h9,12,17-18,24,26,30,40H,2,6-8,10-11,13-16,19-20H2,1,3-5H3/t26-,30?/m1/s1. The highest BCUT2D eigenvalue weighted by Crippen LogP contribution is 2.55. The molecule has 2 fully saturated rings. The fraction of sp³-hybridized carbons (Fsp3) is 0.528. The molecule has 256 valence electrons. The summed E-state index contributed by atoms with van der Waals surface area (Å²) in [5.41, 5.74) is 5.95. The van der Waals surface area contributed by atoms with Crippen LogP contribution < -0.4 is 15.0 Å². The summed E-state index contributed by atoms with van der Waals surface area (Å²) < 4.78 is 34.6. The van der Waals surface area contributed by atoms with Crippen molar-refractivity contribution in [1.29, 1.82) is 0 Å². The SMILES string of the molecule is C=C(NS(C)(=O)=O)C1CSc2c(-c3cc(Cl)ccc3OCCn3c(C)nc4c(c3=O)C[C@H](N(C)C3(C5CCC5)CC3)CC4)cc(C)nc21. The molecule has 12 heteroatoms. The van der Waals surface area contributed by atoms with E-state index in [1.807, 2.05) is 32.0 Å². The maximum atomic E-state index is 14.0. The van der Waals surface area contributed by atoms with E-state index < -0.39 is 10.0 Å².